The first-order valence-corrected chi connectivity index (χ1v) is 8.74. The maximum Gasteiger partial charge on any atom is 0.233 e. The van der Waals surface area contributed by atoms with Crippen LogP contribution in [0.4, 0.5) is 0 Å². The lowest BCUT2D eigenvalue weighted by Crippen LogP contribution is -2.31. The van der Waals surface area contributed by atoms with Crippen molar-refractivity contribution >= 4 is 29.3 Å². The van der Waals surface area contributed by atoms with Gasteiger partial charge in [0.1, 0.15) is 0 Å². The van der Waals surface area contributed by atoms with Gasteiger partial charge in [0.2, 0.25) is 16.9 Å². The molecule has 0 bridgehead atoms. The molecule has 0 aliphatic heterocycles. The van der Waals surface area contributed by atoms with Crippen LogP contribution in [-0.2, 0) is 11.3 Å². The zero-order chi connectivity index (χ0) is 17.8. The molecule has 3 N–H and O–H groups in total. The van der Waals surface area contributed by atoms with Crippen LogP contribution >= 0.6 is 23.4 Å². The lowest BCUT2D eigenvalue weighted by Gasteiger charge is -2.12. The Labute approximate surface area is 153 Å². The van der Waals surface area contributed by atoms with Crippen LogP contribution in [0.2, 0.25) is 5.02 Å². The zero-order valence-electron chi connectivity index (χ0n) is 13.3. The molecule has 1 atom stereocenters. The van der Waals surface area contributed by atoms with E-state index in [2.05, 4.69) is 15.5 Å². The first-order valence-electron chi connectivity index (χ1n) is 7.48. The molecule has 3 rings (SSSR count). The highest BCUT2D eigenvalue weighted by molar-refractivity contribution is 8.00. The van der Waals surface area contributed by atoms with E-state index in [9.17, 15) is 4.79 Å². The Hall–Kier alpha value is -2.45. The summed E-state index contributed by atoms with van der Waals surface area (Å²) in [6.45, 7) is 2.13. The van der Waals surface area contributed by atoms with Crippen LogP contribution in [0.1, 0.15) is 12.5 Å². The maximum absolute atomic E-state index is 12.3. The molecular formula is C16H16ClN5O2S. The molecule has 3 aromatic rings. The Morgan fingerprint density at radius 2 is 2.16 bits per heavy atom. The van der Waals surface area contributed by atoms with E-state index in [1.807, 2.05) is 18.2 Å². The fourth-order valence-corrected chi connectivity index (χ4v) is 3.11. The number of benzene rings is 1. The largest absolute Gasteiger partial charge is 0.461 e. The van der Waals surface area contributed by atoms with Gasteiger partial charge in [0.05, 0.1) is 11.5 Å². The molecule has 1 amide bonds. The third kappa shape index (κ3) is 3.97. The minimum Gasteiger partial charge on any atom is -0.461 e. The number of halogens is 1. The second kappa shape index (κ2) is 7.62. The molecule has 0 aliphatic carbocycles. The van der Waals surface area contributed by atoms with Gasteiger partial charge in [-0.2, -0.15) is 0 Å². The summed E-state index contributed by atoms with van der Waals surface area (Å²) < 4.78 is 6.57. The fourth-order valence-electron chi connectivity index (χ4n) is 2.11. The molecule has 2 heterocycles. The van der Waals surface area contributed by atoms with Crippen molar-refractivity contribution in [2.75, 3.05) is 5.84 Å². The van der Waals surface area contributed by atoms with E-state index in [-0.39, 0.29) is 5.91 Å². The van der Waals surface area contributed by atoms with Crippen LogP contribution in [0.15, 0.2) is 52.2 Å². The summed E-state index contributed by atoms with van der Waals surface area (Å²) in [4.78, 5) is 12.3. The van der Waals surface area contributed by atoms with Crippen molar-refractivity contribution in [1.29, 1.82) is 0 Å². The number of carbonyl (C=O) groups excluding carboxylic acids is 1. The lowest BCUT2D eigenvalue weighted by molar-refractivity contribution is -0.120. The topological polar surface area (TPSA) is 99.0 Å². The van der Waals surface area contributed by atoms with E-state index in [0.717, 1.165) is 5.56 Å². The number of nitrogen functional groups attached to an aromatic ring is 1. The number of amides is 1. The Morgan fingerprint density at radius 3 is 2.88 bits per heavy atom. The summed E-state index contributed by atoms with van der Waals surface area (Å²) >= 11 is 7.30. The van der Waals surface area contributed by atoms with Crippen molar-refractivity contribution in [2.45, 2.75) is 23.9 Å². The van der Waals surface area contributed by atoms with Gasteiger partial charge in [-0.3, -0.25) is 4.79 Å². The van der Waals surface area contributed by atoms with Gasteiger partial charge in [0.15, 0.2) is 5.76 Å². The molecule has 0 fully saturated rings. The number of hydrogen-bond acceptors (Lipinski definition) is 6. The Balaban J connectivity index is 1.61. The van der Waals surface area contributed by atoms with E-state index in [1.54, 1.807) is 25.1 Å². The summed E-state index contributed by atoms with van der Waals surface area (Å²) in [7, 11) is 0. The predicted octanol–water partition coefficient (Wildman–Crippen LogP) is 2.70. The molecule has 9 heteroatoms. The van der Waals surface area contributed by atoms with Crippen LogP contribution in [-0.4, -0.2) is 26.0 Å². The quantitative estimate of drug-likeness (QED) is 0.506. The van der Waals surface area contributed by atoms with Gasteiger partial charge in [-0.15, -0.1) is 10.2 Å². The number of aromatic nitrogens is 3. The Kier molecular flexibility index (Phi) is 5.30. The molecule has 0 radical (unpaired) electrons. The van der Waals surface area contributed by atoms with E-state index in [1.165, 1.54) is 22.7 Å². The number of thioether (sulfide) groups is 1. The zero-order valence-corrected chi connectivity index (χ0v) is 14.9. The standard InChI is InChI=1S/C16H16ClN5O2S/c1-10(15(23)19-9-11-5-2-3-6-12(11)17)25-16-21-20-14(22(16)18)13-7-4-8-24-13/h2-8,10H,9,18H2,1H3,(H,19,23). The molecule has 1 aromatic carbocycles. The summed E-state index contributed by atoms with van der Waals surface area (Å²) in [5, 5.41) is 11.5. The summed E-state index contributed by atoms with van der Waals surface area (Å²) in [5.74, 6) is 6.75. The van der Waals surface area contributed by atoms with Gasteiger partial charge in [-0.25, -0.2) is 4.68 Å². The number of nitrogens with two attached hydrogens (primary N) is 1. The minimum absolute atomic E-state index is 0.146. The van der Waals surface area contributed by atoms with Gasteiger partial charge in [0, 0.05) is 11.6 Å². The van der Waals surface area contributed by atoms with E-state index in [4.69, 9.17) is 21.9 Å². The molecule has 2 aromatic heterocycles. The lowest BCUT2D eigenvalue weighted by atomic mass is 10.2. The number of carbonyl (C=O) groups is 1. The molecule has 0 saturated heterocycles. The van der Waals surface area contributed by atoms with Crippen molar-refractivity contribution in [3.8, 4) is 11.6 Å². The van der Waals surface area contributed by atoms with E-state index in [0.29, 0.717) is 28.3 Å². The molecule has 0 spiro atoms. The molecule has 0 aliphatic rings. The Morgan fingerprint density at radius 1 is 1.36 bits per heavy atom. The Bertz CT molecular complexity index is 865. The van der Waals surface area contributed by atoms with Crippen LogP contribution in [0, 0.1) is 0 Å². The third-order valence-corrected chi connectivity index (χ3v) is 4.89. The first kappa shape index (κ1) is 17.4. The van der Waals surface area contributed by atoms with Crippen molar-refractivity contribution in [1.82, 2.24) is 20.2 Å². The average molecular weight is 378 g/mol. The van der Waals surface area contributed by atoms with E-state index >= 15 is 0 Å². The van der Waals surface area contributed by atoms with Gasteiger partial charge in [0.25, 0.3) is 0 Å². The average Bonchev–Trinajstić information content (AvgIpc) is 3.24. The van der Waals surface area contributed by atoms with Crippen molar-refractivity contribution in [2.24, 2.45) is 0 Å². The van der Waals surface area contributed by atoms with Crippen LogP contribution in [0.3, 0.4) is 0 Å². The summed E-state index contributed by atoms with van der Waals surface area (Å²) in [5.41, 5.74) is 0.858. The highest BCUT2D eigenvalue weighted by Crippen LogP contribution is 2.25. The first-order chi connectivity index (χ1) is 12.1. The normalized spacial score (nSPS) is 12.1. The minimum atomic E-state index is -0.404. The number of nitrogens with zero attached hydrogens (tertiary/aromatic N) is 3. The van der Waals surface area contributed by atoms with Crippen molar-refractivity contribution in [3.05, 3.63) is 53.2 Å². The SMILES string of the molecule is CC(Sc1nnc(-c2ccco2)n1N)C(=O)NCc1ccccc1Cl. The van der Waals surface area contributed by atoms with Gasteiger partial charge < -0.3 is 15.6 Å². The number of nitrogens with one attached hydrogen (secondary N) is 1. The van der Waals surface area contributed by atoms with Crippen LogP contribution < -0.4 is 11.2 Å². The van der Waals surface area contributed by atoms with Crippen LogP contribution in [0.5, 0.6) is 0 Å². The monoisotopic (exact) mass is 377 g/mol. The highest BCUT2D eigenvalue weighted by Gasteiger charge is 2.20. The number of hydrogen-bond donors (Lipinski definition) is 2. The second-order valence-corrected chi connectivity index (χ2v) is 6.94. The summed E-state index contributed by atoms with van der Waals surface area (Å²) in [6.07, 6.45) is 1.53. The van der Waals surface area contributed by atoms with Crippen molar-refractivity contribution in [3.63, 3.8) is 0 Å². The summed E-state index contributed by atoms with van der Waals surface area (Å²) in [6, 6.07) is 10.8. The third-order valence-electron chi connectivity index (χ3n) is 3.47. The van der Waals surface area contributed by atoms with Gasteiger partial charge in [-0.05, 0) is 30.7 Å². The number of furan rings is 1. The molecule has 0 saturated carbocycles. The molecule has 1 unspecified atom stereocenters. The fraction of sp³-hybridized carbons (Fsp3) is 0.188. The van der Waals surface area contributed by atoms with E-state index < -0.39 is 5.25 Å². The second-order valence-electron chi connectivity index (χ2n) is 5.22. The highest BCUT2D eigenvalue weighted by atomic mass is 35.5. The predicted molar refractivity (Wildman–Crippen MR) is 96.5 cm³/mol. The van der Waals surface area contributed by atoms with Gasteiger partial charge >= 0.3 is 0 Å². The molecule has 7 nitrogen and oxygen atoms in total. The smallest absolute Gasteiger partial charge is 0.233 e. The molecular weight excluding hydrogens is 362 g/mol. The molecule has 25 heavy (non-hydrogen) atoms. The van der Waals surface area contributed by atoms with Gasteiger partial charge in [-0.1, -0.05) is 41.6 Å². The molecule has 130 valence electrons. The number of rotatable bonds is 6. The van der Waals surface area contributed by atoms with Crippen molar-refractivity contribution < 1.29 is 9.21 Å². The maximum atomic E-state index is 12.3. The van der Waals surface area contributed by atoms with Crippen LogP contribution in [0.25, 0.3) is 11.6 Å².